The van der Waals surface area contributed by atoms with Crippen LogP contribution in [0, 0.1) is 0 Å². The van der Waals surface area contributed by atoms with Crippen LogP contribution in [0.25, 0.3) is 0 Å². The zero-order chi connectivity index (χ0) is 13.2. The molecule has 0 fully saturated rings. The van der Waals surface area contributed by atoms with Crippen LogP contribution < -0.4 is 0 Å². The van der Waals surface area contributed by atoms with Gasteiger partial charge in [0.05, 0.1) is 5.71 Å². The Morgan fingerprint density at radius 1 is 1.00 bits per heavy atom. The Morgan fingerprint density at radius 2 is 1.68 bits per heavy atom. The van der Waals surface area contributed by atoms with Crippen molar-refractivity contribution in [2.75, 3.05) is 13.6 Å². The molecule has 2 nitrogen and oxygen atoms in total. The summed E-state index contributed by atoms with van der Waals surface area (Å²) >= 11 is 0. The Hall–Kier alpha value is -2.09. The third-order valence-electron chi connectivity index (χ3n) is 3.70. The van der Waals surface area contributed by atoms with Gasteiger partial charge in [0.2, 0.25) is 0 Å². The number of fused-ring (bicyclic) bond motifs is 1. The van der Waals surface area contributed by atoms with Gasteiger partial charge in [-0.3, -0.25) is 5.01 Å². The number of likely N-dealkylation sites (N-methyl/N-ethyl adjacent to an activating group) is 1. The molecule has 0 aliphatic carbocycles. The van der Waals surface area contributed by atoms with Crippen molar-refractivity contribution >= 4 is 5.71 Å². The fourth-order valence-electron chi connectivity index (χ4n) is 2.81. The number of hydrazone groups is 1. The first-order valence-corrected chi connectivity index (χ1v) is 6.66. The van der Waals surface area contributed by atoms with E-state index in [4.69, 9.17) is 0 Å². The summed E-state index contributed by atoms with van der Waals surface area (Å²) in [4.78, 5) is 0. The number of rotatable bonds is 1. The molecule has 0 amide bonds. The molecule has 3 rings (SSSR count). The third-order valence-corrected chi connectivity index (χ3v) is 3.70. The van der Waals surface area contributed by atoms with E-state index in [0.29, 0.717) is 5.92 Å². The molecule has 1 unspecified atom stereocenters. The molecule has 19 heavy (non-hydrogen) atoms. The number of benzene rings is 2. The van der Waals surface area contributed by atoms with Crippen LogP contribution in [-0.2, 0) is 0 Å². The number of hydrogen-bond acceptors (Lipinski definition) is 2. The number of hydrogen-bond donors (Lipinski definition) is 0. The van der Waals surface area contributed by atoms with Gasteiger partial charge in [-0.1, -0.05) is 54.6 Å². The van der Waals surface area contributed by atoms with Crippen molar-refractivity contribution in [3.63, 3.8) is 0 Å². The van der Waals surface area contributed by atoms with E-state index >= 15 is 0 Å². The molecule has 0 N–H and O–H groups in total. The molecule has 0 radical (unpaired) electrons. The lowest BCUT2D eigenvalue weighted by molar-refractivity contribution is 0.345. The summed E-state index contributed by atoms with van der Waals surface area (Å²) in [7, 11) is 2.05. The summed E-state index contributed by atoms with van der Waals surface area (Å²) in [6.45, 7) is 3.00. The van der Waals surface area contributed by atoms with E-state index in [1.807, 2.05) is 12.1 Å². The lowest BCUT2D eigenvalue weighted by Gasteiger charge is -2.21. The van der Waals surface area contributed by atoms with Gasteiger partial charge in [0.15, 0.2) is 0 Å². The highest BCUT2D eigenvalue weighted by molar-refractivity contribution is 6.00. The van der Waals surface area contributed by atoms with Gasteiger partial charge in [0, 0.05) is 25.1 Å². The molecule has 1 atom stereocenters. The molecule has 96 valence electrons. The van der Waals surface area contributed by atoms with Gasteiger partial charge in [0.1, 0.15) is 0 Å². The summed E-state index contributed by atoms with van der Waals surface area (Å²) < 4.78 is 0. The van der Waals surface area contributed by atoms with Crippen molar-refractivity contribution in [3.05, 3.63) is 71.3 Å². The summed E-state index contributed by atoms with van der Waals surface area (Å²) in [6, 6.07) is 19.3. The summed E-state index contributed by atoms with van der Waals surface area (Å²) in [6.07, 6.45) is 0. The maximum absolute atomic E-state index is 4.64. The first kappa shape index (κ1) is 12.0. The fraction of sp³-hybridized carbons (Fsp3) is 0.235. The van der Waals surface area contributed by atoms with Crippen LogP contribution in [0.1, 0.15) is 29.5 Å². The van der Waals surface area contributed by atoms with E-state index in [1.54, 1.807) is 0 Å². The van der Waals surface area contributed by atoms with Gasteiger partial charge < -0.3 is 0 Å². The van der Waals surface area contributed by atoms with Crippen LogP contribution in [0.3, 0.4) is 0 Å². The summed E-state index contributed by atoms with van der Waals surface area (Å²) in [5, 5.41) is 6.69. The van der Waals surface area contributed by atoms with Crippen LogP contribution in [0.4, 0.5) is 0 Å². The molecule has 0 saturated carbocycles. The minimum absolute atomic E-state index is 0.378. The van der Waals surface area contributed by atoms with Crippen LogP contribution in [-0.4, -0.2) is 24.3 Å². The SMILES string of the molecule is CC1=NN(C)CC(c2ccccc2)c2ccccc21. The summed E-state index contributed by atoms with van der Waals surface area (Å²) in [5.74, 6) is 0.378. The minimum atomic E-state index is 0.378. The van der Waals surface area contributed by atoms with E-state index in [1.165, 1.54) is 16.7 Å². The Kier molecular flexibility index (Phi) is 3.08. The normalized spacial score (nSPS) is 18.5. The lowest BCUT2D eigenvalue weighted by Crippen LogP contribution is -2.19. The van der Waals surface area contributed by atoms with Crippen LogP contribution in [0.15, 0.2) is 59.7 Å². The van der Waals surface area contributed by atoms with Crippen molar-refractivity contribution < 1.29 is 0 Å². The average molecular weight is 250 g/mol. The molecule has 0 aromatic heterocycles. The van der Waals surface area contributed by atoms with Crippen molar-refractivity contribution in [1.82, 2.24) is 5.01 Å². The van der Waals surface area contributed by atoms with E-state index in [9.17, 15) is 0 Å². The predicted molar refractivity (Wildman–Crippen MR) is 79.6 cm³/mol. The lowest BCUT2D eigenvalue weighted by atomic mass is 9.87. The topological polar surface area (TPSA) is 15.6 Å². The fourth-order valence-corrected chi connectivity index (χ4v) is 2.81. The zero-order valence-electron chi connectivity index (χ0n) is 11.4. The van der Waals surface area contributed by atoms with E-state index in [0.717, 1.165) is 12.3 Å². The second-order valence-corrected chi connectivity index (χ2v) is 5.08. The standard InChI is InChI=1S/C17H18N2/c1-13-15-10-6-7-11-16(15)17(12-19(2)18-13)14-8-4-3-5-9-14/h3-11,17H,12H2,1-2H3. The van der Waals surface area contributed by atoms with Crippen molar-refractivity contribution in [3.8, 4) is 0 Å². The second kappa shape index (κ2) is 4.88. The quantitative estimate of drug-likeness (QED) is 0.756. The van der Waals surface area contributed by atoms with Gasteiger partial charge >= 0.3 is 0 Å². The van der Waals surface area contributed by atoms with Crippen LogP contribution in [0.2, 0.25) is 0 Å². The Bertz CT molecular complexity index is 602. The Balaban J connectivity index is 2.14. The molecule has 0 bridgehead atoms. The highest BCUT2D eigenvalue weighted by Crippen LogP contribution is 2.30. The molecular formula is C17H18N2. The molecule has 0 saturated heterocycles. The Morgan fingerprint density at radius 3 is 2.47 bits per heavy atom. The van der Waals surface area contributed by atoms with Crippen LogP contribution in [0.5, 0.6) is 0 Å². The molecule has 0 spiro atoms. The van der Waals surface area contributed by atoms with Gasteiger partial charge in [-0.05, 0) is 18.1 Å². The maximum Gasteiger partial charge on any atom is 0.0649 e. The third kappa shape index (κ3) is 2.26. The van der Waals surface area contributed by atoms with E-state index in [2.05, 4.69) is 66.6 Å². The van der Waals surface area contributed by atoms with Gasteiger partial charge in [0.25, 0.3) is 0 Å². The average Bonchev–Trinajstić information content (AvgIpc) is 2.57. The van der Waals surface area contributed by atoms with E-state index in [-0.39, 0.29) is 0 Å². The van der Waals surface area contributed by atoms with Crippen molar-refractivity contribution in [2.45, 2.75) is 12.8 Å². The molecule has 1 aliphatic rings. The molecule has 2 aromatic carbocycles. The van der Waals surface area contributed by atoms with Crippen molar-refractivity contribution in [2.24, 2.45) is 5.10 Å². The minimum Gasteiger partial charge on any atom is -0.299 e. The smallest absolute Gasteiger partial charge is 0.0649 e. The highest BCUT2D eigenvalue weighted by atomic mass is 15.4. The zero-order valence-corrected chi connectivity index (χ0v) is 11.4. The molecule has 1 heterocycles. The van der Waals surface area contributed by atoms with Crippen molar-refractivity contribution in [1.29, 1.82) is 0 Å². The maximum atomic E-state index is 4.64. The van der Waals surface area contributed by atoms with E-state index < -0.39 is 0 Å². The van der Waals surface area contributed by atoms with Gasteiger partial charge in [-0.2, -0.15) is 5.10 Å². The summed E-state index contributed by atoms with van der Waals surface area (Å²) in [5.41, 5.74) is 5.09. The number of nitrogens with zero attached hydrogens (tertiary/aromatic N) is 2. The van der Waals surface area contributed by atoms with Gasteiger partial charge in [-0.15, -0.1) is 0 Å². The van der Waals surface area contributed by atoms with Crippen LogP contribution >= 0.6 is 0 Å². The first-order chi connectivity index (χ1) is 9.25. The first-order valence-electron chi connectivity index (χ1n) is 6.66. The molecular weight excluding hydrogens is 232 g/mol. The molecule has 1 aliphatic heterocycles. The second-order valence-electron chi connectivity index (χ2n) is 5.08. The molecule has 2 heteroatoms. The van der Waals surface area contributed by atoms with Gasteiger partial charge in [-0.25, -0.2) is 0 Å². The Labute approximate surface area is 114 Å². The predicted octanol–water partition coefficient (Wildman–Crippen LogP) is 3.49. The largest absolute Gasteiger partial charge is 0.299 e. The highest BCUT2D eigenvalue weighted by Gasteiger charge is 2.22. The monoisotopic (exact) mass is 250 g/mol. The molecule has 2 aromatic rings.